The summed E-state index contributed by atoms with van der Waals surface area (Å²) in [6, 6.07) is 10.9. The van der Waals surface area contributed by atoms with Gasteiger partial charge >= 0.3 is 0 Å². The molecule has 94 valence electrons. The fraction of sp³-hybridized carbons (Fsp3) is 0.0714. The van der Waals surface area contributed by atoms with Gasteiger partial charge in [-0.05, 0) is 24.3 Å². The quantitative estimate of drug-likeness (QED) is 0.737. The SMILES string of the molecule is Oc1ccc(-c2nc3cc4c(cc3s2)OCO4)cc1. The lowest BCUT2D eigenvalue weighted by Crippen LogP contribution is -1.92. The van der Waals surface area contributed by atoms with Crippen molar-refractivity contribution in [1.82, 2.24) is 4.98 Å². The highest BCUT2D eigenvalue weighted by Crippen LogP contribution is 2.39. The van der Waals surface area contributed by atoms with Gasteiger partial charge in [0.05, 0.1) is 10.2 Å². The summed E-state index contributed by atoms with van der Waals surface area (Å²) < 4.78 is 11.8. The van der Waals surface area contributed by atoms with Gasteiger partial charge in [-0.3, -0.25) is 0 Å². The number of rotatable bonds is 1. The third-order valence-corrected chi connectivity index (χ3v) is 4.06. The van der Waals surface area contributed by atoms with Crippen molar-refractivity contribution in [3.05, 3.63) is 36.4 Å². The fourth-order valence-corrected chi connectivity index (χ4v) is 3.03. The van der Waals surface area contributed by atoms with Crippen molar-refractivity contribution in [2.24, 2.45) is 0 Å². The summed E-state index contributed by atoms with van der Waals surface area (Å²) in [6.07, 6.45) is 0. The lowest BCUT2D eigenvalue weighted by molar-refractivity contribution is 0.174. The topological polar surface area (TPSA) is 51.6 Å². The van der Waals surface area contributed by atoms with E-state index in [9.17, 15) is 5.11 Å². The van der Waals surface area contributed by atoms with Crippen LogP contribution < -0.4 is 9.47 Å². The van der Waals surface area contributed by atoms with E-state index in [1.807, 2.05) is 24.3 Å². The molecule has 4 nitrogen and oxygen atoms in total. The zero-order valence-electron chi connectivity index (χ0n) is 9.79. The summed E-state index contributed by atoms with van der Waals surface area (Å²) in [5.41, 5.74) is 1.89. The standard InChI is InChI=1S/C14H9NO3S/c16-9-3-1-8(2-4-9)14-15-10-5-11-12(18-7-17-11)6-13(10)19-14/h1-6,16H,7H2. The second-order valence-electron chi connectivity index (χ2n) is 4.24. The molecule has 5 heteroatoms. The number of ether oxygens (including phenoxy) is 2. The lowest BCUT2D eigenvalue weighted by atomic mass is 10.2. The van der Waals surface area contributed by atoms with E-state index in [1.54, 1.807) is 23.5 Å². The van der Waals surface area contributed by atoms with E-state index < -0.39 is 0 Å². The maximum atomic E-state index is 9.31. The van der Waals surface area contributed by atoms with Gasteiger partial charge < -0.3 is 14.6 Å². The van der Waals surface area contributed by atoms with Crippen molar-refractivity contribution >= 4 is 21.6 Å². The molecule has 4 rings (SSSR count). The van der Waals surface area contributed by atoms with Crippen LogP contribution in [0.5, 0.6) is 17.2 Å². The number of nitrogens with zero attached hydrogens (tertiary/aromatic N) is 1. The van der Waals surface area contributed by atoms with Crippen LogP contribution in [-0.4, -0.2) is 16.9 Å². The van der Waals surface area contributed by atoms with E-state index in [4.69, 9.17) is 9.47 Å². The van der Waals surface area contributed by atoms with Gasteiger partial charge in [0, 0.05) is 17.7 Å². The van der Waals surface area contributed by atoms with Crippen LogP contribution in [0.1, 0.15) is 0 Å². The largest absolute Gasteiger partial charge is 0.508 e. The van der Waals surface area contributed by atoms with Gasteiger partial charge in [0.15, 0.2) is 11.5 Å². The summed E-state index contributed by atoms with van der Waals surface area (Å²) in [6.45, 7) is 0.275. The van der Waals surface area contributed by atoms with Crippen molar-refractivity contribution in [3.63, 3.8) is 0 Å². The van der Waals surface area contributed by atoms with Gasteiger partial charge in [-0.2, -0.15) is 0 Å². The van der Waals surface area contributed by atoms with Crippen LogP contribution in [0.25, 0.3) is 20.8 Å². The van der Waals surface area contributed by atoms with E-state index in [2.05, 4.69) is 4.98 Å². The van der Waals surface area contributed by atoms with Gasteiger partial charge in [0.2, 0.25) is 6.79 Å². The molecule has 0 aliphatic carbocycles. The van der Waals surface area contributed by atoms with Crippen molar-refractivity contribution in [1.29, 1.82) is 0 Å². The average molecular weight is 271 g/mol. The molecular formula is C14H9NO3S. The molecule has 2 heterocycles. The Hall–Kier alpha value is -2.27. The molecule has 1 aliphatic heterocycles. The number of thiazole rings is 1. The predicted molar refractivity (Wildman–Crippen MR) is 72.8 cm³/mol. The molecule has 2 aromatic carbocycles. The van der Waals surface area contributed by atoms with Crippen LogP contribution in [0.4, 0.5) is 0 Å². The molecule has 0 unspecified atom stereocenters. The number of benzene rings is 2. The maximum Gasteiger partial charge on any atom is 0.231 e. The van der Waals surface area contributed by atoms with Gasteiger partial charge in [0.25, 0.3) is 0 Å². The van der Waals surface area contributed by atoms with Gasteiger partial charge in [-0.1, -0.05) is 0 Å². The molecule has 0 amide bonds. The Morgan fingerprint density at radius 1 is 1.05 bits per heavy atom. The third kappa shape index (κ3) is 1.70. The molecule has 0 saturated heterocycles. The predicted octanol–water partition coefficient (Wildman–Crippen LogP) is 3.40. The van der Waals surface area contributed by atoms with Crippen molar-refractivity contribution in [3.8, 4) is 27.8 Å². The molecule has 0 atom stereocenters. The van der Waals surface area contributed by atoms with Gasteiger partial charge in [-0.25, -0.2) is 4.98 Å². The molecule has 19 heavy (non-hydrogen) atoms. The molecule has 1 aromatic heterocycles. The highest BCUT2D eigenvalue weighted by Gasteiger charge is 2.16. The summed E-state index contributed by atoms with van der Waals surface area (Å²) in [5, 5.41) is 10.2. The first-order valence-corrected chi connectivity index (χ1v) is 6.61. The number of aromatic hydroxyl groups is 1. The van der Waals surface area contributed by atoms with E-state index in [0.717, 1.165) is 32.3 Å². The van der Waals surface area contributed by atoms with E-state index in [1.165, 1.54) is 0 Å². The minimum Gasteiger partial charge on any atom is -0.508 e. The molecule has 0 spiro atoms. The summed E-state index contributed by atoms with van der Waals surface area (Å²) in [7, 11) is 0. The Labute approximate surface area is 112 Å². The normalized spacial score (nSPS) is 13.1. The third-order valence-electron chi connectivity index (χ3n) is 3.00. The molecular weight excluding hydrogens is 262 g/mol. The zero-order chi connectivity index (χ0) is 12.8. The zero-order valence-corrected chi connectivity index (χ0v) is 10.6. The van der Waals surface area contributed by atoms with Crippen molar-refractivity contribution < 1.29 is 14.6 Å². The van der Waals surface area contributed by atoms with Crippen molar-refractivity contribution in [2.45, 2.75) is 0 Å². The van der Waals surface area contributed by atoms with Crippen molar-refractivity contribution in [2.75, 3.05) is 6.79 Å². The second-order valence-corrected chi connectivity index (χ2v) is 5.27. The Bertz CT molecular complexity index is 723. The average Bonchev–Trinajstić information content (AvgIpc) is 3.01. The first-order valence-electron chi connectivity index (χ1n) is 5.79. The number of hydrogen-bond acceptors (Lipinski definition) is 5. The number of phenols is 1. The lowest BCUT2D eigenvalue weighted by Gasteiger charge is -1.95. The van der Waals surface area contributed by atoms with E-state index in [-0.39, 0.29) is 12.5 Å². The highest BCUT2D eigenvalue weighted by molar-refractivity contribution is 7.21. The number of aromatic nitrogens is 1. The molecule has 1 aliphatic rings. The van der Waals surface area contributed by atoms with Crippen LogP contribution in [0.2, 0.25) is 0 Å². The van der Waals surface area contributed by atoms with E-state index >= 15 is 0 Å². The second kappa shape index (κ2) is 3.86. The highest BCUT2D eigenvalue weighted by atomic mass is 32.1. The first-order chi connectivity index (χ1) is 9.29. The van der Waals surface area contributed by atoms with E-state index in [0.29, 0.717) is 0 Å². The molecule has 3 aromatic rings. The Kier molecular flexibility index (Phi) is 2.16. The first kappa shape index (κ1) is 10.6. The minimum atomic E-state index is 0.255. The monoisotopic (exact) mass is 271 g/mol. The fourth-order valence-electron chi connectivity index (χ4n) is 2.05. The maximum absolute atomic E-state index is 9.31. The number of phenolic OH excluding ortho intramolecular Hbond substituents is 1. The summed E-state index contributed by atoms with van der Waals surface area (Å²) in [4.78, 5) is 4.59. The van der Waals surface area contributed by atoms with Crippen LogP contribution in [0.15, 0.2) is 36.4 Å². The van der Waals surface area contributed by atoms with Gasteiger partial charge in [0.1, 0.15) is 10.8 Å². The number of fused-ring (bicyclic) bond motifs is 2. The minimum absolute atomic E-state index is 0.255. The molecule has 1 N–H and O–H groups in total. The molecule has 0 fully saturated rings. The Morgan fingerprint density at radius 2 is 1.79 bits per heavy atom. The summed E-state index contributed by atoms with van der Waals surface area (Å²) >= 11 is 1.59. The van der Waals surface area contributed by atoms with Crippen LogP contribution >= 0.6 is 11.3 Å². The van der Waals surface area contributed by atoms with Crippen LogP contribution in [-0.2, 0) is 0 Å². The number of hydrogen-bond donors (Lipinski definition) is 1. The van der Waals surface area contributed by atoms with Crippen LogP contribution in [0.3, 0.4) is 0 Å². The molecule has 0 saturated carbocycles. The van der Waals surface area contributed by atoms with Crippen LogP contribution in [0, 0.1) is 0 Å². The Morgan fingerprint density at radius 3 is 2.58 bits per heavy atom. The Balaban J connectivity index is 1.86. The summed E-state index contributed by atoms with van der Waals surface area (Å²) in [5.74, 6) is 1.77. The molecule has 0 radical (unpaired) electrons. The molecule has 0 bridgehead atoms. The van der Waals surface area contributed by atoms with Gasteiger partial charge in [-0.15, -0.1) is 11.3 Å². The smallest absolute Gasteiger partial charge is 0.231 e.